The summed E-state index contributed by atoms with van der Waals surface area (Å²) >= 11 is 1.18. The molecule has 0 bridgehead atoms. The Morgan fingerprint density at radius 1 is 1.21 bits per heavy atom. The Labute approximate surface area is 168 Å². The largest absolute Gasteiger partial charge is 0.371 e. The lowest BCUT2D eigenvalue weighted by molar-refractivity contribution is 0.208. The fraction of sp³-hybridized carbons (Fsp3) is 0.450. The molecule has 0 atom stereocenters. The molecular weight excluding hydrogens is 377 g/mol. The molecule has 0 saturated carbocycles. The SMILES string of the molecule is Cc1nsc(NC(=O)N2CCC(=Cc3ccc(N4CCCC4)cc3F)CC2)n1. The number of carbonyl (C=O) groups is 1. The molecular formula is C20H24FN5OS. The number of piperidine rings is 1. The third kappa shape index (κ3) is 4.32. The van der Waals surface area contributed by atoms with E-state index in [-0.39, 0.29) is 11.8 Å². The highest BCUT2D eigenvalue weighted by Crippen LogP contribution is 2.26. The maximum absolute atomic E-state index is 14.6. The Hall–Kier alpha value is -2.48. The average Bonchev–Trinajstić information content (AvgIpc) is 3.36. The topological polar surface area (TPSA) is 61.4 Å². The number of likely N-dealkylation sites (tertiary alicyclic amines) is 1. The molecule has 6 nitrogen and oxygen atoms in total. The van der Waals surface area contributed by atoms with Crippen LogP contribution in [0.2, 0.25) is 0 Å². The van der Waals surface area contributed by atoms with Crippen LogP contribution >= 0.6 is 11.5 Å². The molecule has 0 spiro atoms. The molecule has 2 aromatic rings. The van der Waals surface area contributed by atoms with Crippen LogP contribution < -0.4 is 10.2 Å². The average molecular weight is 402 g/mol. The van der Waals surface area contributed by atoms with Crippen molar-refractivity contribution in [1.29, 1.82) is 0 Å². The number of halogens is 1. The Balaban J connectivity index is 1.35. The van der Waals surface area contributed by atoms with Gasteiger partial charge < -0.3 is 9.80 Å². The van der Waals surface area contributed by atoms with Crippen molar-refractivity contribution in [1.82, 2.24) is 14.3 Å². The second-order valence-corrected chi connectivity index (χ2v) is 8.02. The Kier molecular flexibility index (Phi) is 5.57. The van der Waals surface area contributed by atoms with Crippen molar-refractivity contribution in [2.45, 2.75) is 32.6 Å². The smallest absolute Gasteiger partial charge is 0.323 e. The molecule has 8 heteroatoms. The summed E-state index contributed by atoms with van der Waals surface area (Å²) in [7, 11) is 0. The Morgan fingerprint density at radius 2 is 1.96 bits per heavy atom. The number of aromatic nitrogens is 2. The van der Waals surface area contributed by atoms with Gasteiger partial charge in [0, 0.05) is 49.0 Å². The van der Waals surface area contributed by atoms with Crippen molar-refractivity contribution >= 4 is 34.5 Å². The lowest BCUT2D eigenvalue weighted by Crippen LogP contribution is -2.39. The fourth-order valence-corrected chi connectivity index (χ4v) is 4.25. The summed E-state index contributed by atoms with van der Waals surface area (Å²) in [5.41, 5.74) is 2.76. The summed E-state index contributed by atoms with van der Waals surface area (Å²) in [6, 6.07) is 5.36. The van der Waals surface area contributed by atoms with Crippen LogP contribution in [0.15, 0.2) is 23.8 Å². The van der Waals surface area contributed by atoms with Crippen LogP contribution in [0.4, 0.5) is 20.0 Å². The molecule has 148 valence electrons. The van der Waals surface area contributed by atoms with Gasteiger partial charge in [-0.05, 0) is 50.8 Å². The first-order valence-electron chi connectivity index (χ1n) is 9.69. The molecule has 28 heavy (non-hydrogen) atoms. The molecule has 2 amide bonds. The summed E-state index contributed by atoms with van der Waals surface area (Å²) in [4.78, 5) is 20.5. The van der Waals surface area contributed by atoms with Gasteiger partial charge in [0.2, 0.25) is 5.13 Å². The minimum Gasteiger partial charge on any atom is -0.371 e. The monoisotopic (exact) mass is 401 g/mol. The fourth-order valence-electron chi connectivity index (χ4n) is 3.68. The van der Waals surface area contributed by atoms with Crippen LogP contribution in [-0.4, -0.2) is 46.5 Å². The van der Waals surface area contributed by atoms with Crippen LogP contribution in [0.3, 0.4) is 0 Å². The van der Waals surface area contributed by atoms with Gasteiger partial charge in [-0.2, -0.15) is 4.37 Å². The molecule has 2 saturated heterocycles. The maximum atomic E-state index is 14.6. The summed E-state index contributed by atoms with van der Waals surface area (Å²) in [5.74, 6) is 0.477. The molecule has 2 fully saturated rings. The van der Waals surface area contributed by atoms with E-state index in [1.54, 1.807) is 17.9 Å². The number of urea groups is 1. The first-order valence-corrected chi connectivity index (χ1v) is 10.5. The number of hydrogen-bond donors (Lipinski definition) is 1. The maximum Gasteiger partial charge on any atom is 0.323 e. The van der Waals surface area contributed by atoms with Gasteiger partial charge >= 0.3 is 6.03 Å². The standard InChI is InChI=1S/C20H24FN5OS/c1-14-22-19(28-24-14)23-20(27)26-10-6-15(7-11-26)12-16-4-5-17(13-18(16)21)25-8-2-3-9-25/h4-5,12-13H,2-3,6-11H2,1H3,(H,22,23,24,27). The Bertz CT molecular complexity index is 880. The van der Waals surface area contributed by atoms with E-state index in [0.29, 0.717) is 29.6 Å². The van der Waals surface area contributed by atoms with Crippen molar-refractivity contribution in [2.75, 3.05) is 36.4 Å². The molecule has 3 heterocycles. The lowest BCUT2D eigenvalue weighted by Gasteiger charge is -2.28. The number of carbonyl (C=O) groups excluding carboxylic acids is 1. The van der Waals surface area contributed by atoms with E-state index in [1.807, 2.05) is 18.2 Å². The number of aryl methyl sites for hydroxylation is 1. The number of hydrogen-bond acceptors (Lipinski definition) is 5. The molecule has 4 rings (SSSR count). The van der Waals surface area contributed by atoms with E-state index in [0.717, 1.165) is 31.6 Å². The van der Waals surface area contributed by atoms with Crippen LogP contribution in [0.5, 0.6) is 0 Å². The summed E-state index contributed by atoms with van der Waals surface area (Å²) < 4.78 is 18.6. The van der Waals surface area contributed by atoms with E-state index in [2.05, 4.69) is 19.6 Å². The third-order valence-electron chi connectivity index (χ3n) is 5.25. The summed E-state index contributed by atoms with van der Waals surface area (Å²) in [6.07, 6.45) is 5.78. The zero-order valence-electron chi connectivity index (χ0n) is 15.9. The van der Waals surface area contributed by atoms with Crippen molar-refractivity contribution in [3.05, 3.63) is 41.0 Å². The van der Waals surface area contributed by atoms with Gasteiger partial charge in [0.15, 0.2) is 0 Å². The molecule has 0 radical (unpaired) electrons. The number of benzene rings is 1. The third-order valence-corrected chi connectivity index (χ3v) is 5.97. The highest BCUT2D eigenvalue weighted by atomic mass is 32.1. The van der Waals surface area contributed by atoms with E-state index in [9.17, 15) is 9.18 Å². The molecule has 1 N–H and O–H groups in total. The van der Waals surface area contributed by atoms with Crippen molar-refractivity contribution in [3.8, 4) is 0 Å². The van der Waals surface area contributed by atoms with Gasteiger partial charge in [-0.15, -0.1) is 0 Å². The van der Waals surface area contributed by atoms with E-state index in [4.69, 9.17) is 0 Å². The molecule has 0 unspecified atom stereocenters. The van der Waals surface area contributed by atoms with Gasteiger partial charge in [-0.1, -0.05) is 11.6 Å². The second-order valence-electron chi connectivity index (χ2n) is 7.27. The van der Waals surface area contributed by atoms with Crippen molar-refractivity contribution in [2.24, 2.45) is 0 Å². The zero-order chi connectivity index (χ0) is 19.5. The highest BCUT2D eigenvalue weighted by Gasteiger charge is 2.20. The first-order chi connectivity index (χ1) is 13.6. The lowest BCUT2D eigenvalue weighted by atomic mass is 10.0. The van der Waals surface area contributed by atoms with Crippen LogP contribution in [0.1, 0.15) is 37.1 Å². The molecule has 1 aromatic heterocycles. The zero-order valence-corrected chi connectivity index (χ0v) is 16.8. The number of amides is 2. The predicted octanol–water partition coefficient (Wildman–Crippen LogP) is 4.30. The van der Waals surface area contributed by atoms with E-state index < -0.39 is 0 Å². The Morgan fingerprint density at radius 3 is 2.61 bits per heavy atom. The normalized spacial score (nSPS) is 17.1. The van der Waals surface area contributed by atoms with Crippen molar-refractivity contribution in [3.63, 3.8) is 0 Å². The summed E-state index contributed by atoms with van der Waals surface area (Å²) in [5, 5.41) is 3.30. The van der Waals surface area contributed by atoms with Crippen LogP contribution in [-0.2, 0) is 0 Å². The van der Waals surface area contributed by atoms with Crippen molar-refractivity contribution < 1.29 is 9.18 Å². The molecule has 1 aromatic carbocycles. The van der Waals surface area contributed by atoms with E-state index in [1.165, 1.54) is 29.9 Å². The van der Waals surface area contributed by atoms with Crippen LogP contribution in [0.25, 0.3) is 6.08 Å². The van der Waals surface area contributed by atoms with Gasteiger partial charge in [-0.25, -0.2) is 14.2 Å². The van der Waals surface area contributed by atoms with E-state index >= 15 is 0 Å². The first kappa shape index (κ1) is 18.9. The quantitative estimate of drug-likeness (QED) is 0.833. The minimum atomic E-state index is -0.177. The van der Waals surface area contributed by atoms with Gasteiger partial charge in [-0.3, -0.25) is 5.32 Å². The molecule has 2 aliphatic heterocycles. The number of nitrogens with one attached hydrogen (secondary N) is 1. The molecule has 2 aliphatic rings. The number of anilines is 2. The van der Waals surface area contributed by atoms with Gasteiger partial charge in [0.05, 0.1) is 0 Å². The summed E-state index contributed by atoms with van der Waals surface area (Å²) in [6.45, 7) is 5.04. The minimum absolute atomic E-state index is 0.156. The predicted molar refractivity (Wildman–Crippen MR) is 110 cm³/mol. The number of nitrogens with zero attached hydrogens (tertiary/aromatic N) is 4. The van der Waals surface area contributed by atoms with Crippen LogP contribution in [0, 0.1) is 12.7 Å². The van der Waals surface area contributed by atoms with Gasteiger partial charge in [0.1, 0.15) is 11.6 Å². The van der Waals surface area contributed by atoms with Gasteiger partial charge in [0.25, 0.3) is 0 Å². The number of rotatable bonds is 3. The molecule has 0 aliphatic carbocycles. The highest BCUT2D eigenvalue weighted by molar-refractivity contribution is 7.09. The second kappa shape index (κ2) is 8.26.